The molecule has 0 atom stereocenters. The molecule has 2 N–H and O–H groups in total. The van der Waals surface area contributed by atoms with Gasteiger partial charge in [0.1, 0.15) is 5.82 Å². The average Bonchev–Trinajstić information content (AvgIpc) is 3.39. The van der Waals surface area contributed by atoms with Crippen LogP contribution in [0.2, 0.25) is 0 Å². The summed E-state index contributed by atoms with van der Waals surface area (Å²) in [5.74, 6) is 7.66. The Bertz CT molecular complexity index is 1050. The van der Waals surface area contributed by atoms with Gasteiger partial charge in [0.05, 0.1) is 5.75 Å². The van der Waals surface area contributed by atoms with Crippen molar-refractivity contribution in [2.75, 3.05) is 30.4 Å². The third-order valence-electron chi connectivity index (χ3n) is 4.74. The largest absolute Gasteiger partial charge is 0.343 e. The molecule has 32 heavy (non-hydrogen) atoms. The fraction of sp³-hybridized carbons (Fsp3) is 0.450. The molecule has 0 spiro atoms. The number of benzene rings is 1. The zero-order valence-electron chi connectivity index (χ0n) is 18.2. The minimum Gasteiger partial charge on any atom is -0.343 e. The van der Waals surface area contributed by atoms with Crippen LogP contribution in [0.25, 0.3) is 11.4 Å². The number of aromatic nitrogens is 5. The van der Waals surface area contributed by atoms with Crippen molar-refractivity contribution in [3.05, 3.63) is 35.5 Å². The smallest absolute Gasteiger partial charge is 0.233 e. The van der Waals surface area contributed by atoms with Gasteiger partial charge in [-0.3, -0.25) is 4.79 Å². The molecular formula is C20H26FN7O2S2. The van der Waals surface area contributed by atoms with Crippen LogP contribution < -0.4 is 5.84 Å². The van der Waals surface area contributed by atoms with Crippen molar-refractivity contribution in [2.24, 2.45) is 0 Å². The van der Waals surface area contributed by atoms with Gasteiger partial charge in [0, 0.05) is 30.8 Å². The highest BCUT2D eigenvalue weighted by atomic mass is 32.2. The molecule has 9 nitrogen and oxygen atoms in total. The number of nitrogens with zero attached hydrogens (tertiary/aromatic N) is 6. The van der Waals surface area contributed by atoms with E-state index in [1.807, 2.05) is 13.8 Å². The number of nitrogens with two attached hydrogens (primary N) is 1. The SMILES string of the molecule is CCN(CC)C(=O)CSc1nnc(SCCCc2nc(-c3ccc(C)c(F)c3)no2)n1N. The third kappa shape index (κ3) is 6.00. The maximum absolute atomic E-state index is 13.7. The van der Waals surface area contributed by atoms with Gasteiger partial charge in [-0.1, -0.05) is 40.8 Å². The van der Waals surface area contributed by atoms with E-state index < -0.39 is 0 Å². The highest BCUT2D eigenvalue weighted by Crippen LogP contribution is 2.23. The monoisotopic (exact) mass is 479 g/mol. The van der Waals surface area contributed by atoms with Crippen LogP contribution in [-0.2, 0) is 11.2 Å². The summed E-state index contributed by atoms with van der Waals surface area (Å²) < 4.78 is 20.4. The third-order valence-corrected chi connectivity index (χ3v) is 6.70. The van der Waals surface area contributed by atoms with E-state index in [1.54, 1.807) is 24.0 Å². The van der Waals surface area contributed by atoms with E-state index in [0.717, 1.165) is 12.2 Å². The number of thioether (sulfide) groups is 2. The molecule has 0 saturated heterocycles. The molecule has 0 aliphatic rings. The molecule has 172 valence electrons. The van der Waals surface area contributed by atoms with Gasteiger partial charge in [-0.05, 0) is 38.8 Å². The Hall–Kier alpha value is -2.60. The number of rotatable bonds is 11. The Kier molecular flexibility index (Phi) is 8.51. The second-order valence-corrected chi connectivity index (χ2v) is 8.92. The second-order valence-electron chi connectivity index (χ2n) is 6.92. The molecule has 1 amide bonds. The van der Waals surface area contributed by atoms with E-state index in [9.17, 15) is 9.18 Å². The van der Waals surface area contributed by atoms with Gasteiger partial charge in [-0.2, -0.15) is 4.98 Å². The van der Waals surface area contributed by atoms with Crippen molar-refractivity contribution in [3.8, 4) is 11.4 Å². The van der Waals surface area contributed by atoms with Gasteiger partial charge in [0.2, 0.25) is 27.9 Å². The van der Waals surface area contributed by atoms with Crippen molar-refractivity contribution in [1.29, 1.82) is 0 Å². The number of aryl methyl sites for hydroxylation is 2. The van der Waals surface area contributed by atoms with Crippen LogP contribution >= 0.6 is 23.5 Å². The minimum atomic E-state index is -0.300. The topological polar surface area (TPSA) is 116 Å². The summed E-state index contributed by atoms with van der Waals surface area (Å²) in [4.78, 5) is 18.2. The van der Waals surface area contributed by atoms with Crippen molar-refractivity contribution in [3.63, 3.8) is 0 Å². The first-order valence-corrected chi connectivity index (χ1v) is 12.2. The Morgan fingerprint density at radius 1 is 1.22 bits per heavy atom. The summed E-state index contributed by atoms with van der Waals surface area (Å²) in [6, 6.07) is 4.85. The average molecular weight is 480 g/mol. The second kappa shape index (κ2) is 11.3. The van der Waals surface area contributed by atoms with E-state index in [2.05, 4.69) is 20.3 Å². The minimum absolute atomic E-state index is 0.0458. The zero-order chi connectivity index (χ0) is 23.1. The summed E-state index contributed by atoms with van der Waals surface area (Å²) in [7, 11) is 0. The van der Waals surface area contributed by atoms with E-state index >= 15 is 0 Å². The molecular weight excluding hydrogens is 453 g/mol. The Morgan fingerprint density at radius 2 is 1.94 bits per heavy atom. The van der Waals surface area contributed by atoms with Crippen molar-refractivity contribution >= 4 is 29.4 Å². The molecule has 0 bridgehead atoms. The van der Waals surface area contributed by atoms with E-state index in [0.29, 0.717) is 52.7 Å². The Morgan fingerprint density at radius 3 is 2.62 bits per heavy atom. The van der Waals surface area contributed by atoms with Gasteiger partial charge in [-0.15, -0.1) is 10.2 Å². The molecule has 1 aromatic carbocycles. The van der Waals surface area contributed by atoms with E-state index in [-0.39, 0.29) is 17.5 Å². The lowest BCUT2D eigenvalue weighted by atomic mass is 10.1. The molecule has 0 unspecified atom stereocenters. The molecule has 0 fully saturated rings. The number of nitrogen functional groups attached to an aromatic ring is 1. The zero-order valence-corrected chi connectivity index (χ0v) is 19.9. The number of carbonyl (C=O) groups excluding carboxylic acids is 1. The number of hydrogen-bond donors (Lipinski definition) is 1. The summed E-state index contributed by atoms with van der Waals surface area (Å²) >= 11 is 2.73. The van der Waals surface area contributed by atoms with Gasteiger partial charge in [0.25, 0.3) is 0 Å². The number of halogens is 1. The molecule has 0 aliphatic heterocycles. The first-order valence-electron chi connectivity index (χ1n) is 10.3. The summed E-state index contributed by atoms with van der Waals surface area (Å²) in [6.45, 7) is 6.95. The van der Waals surface area contributed by atoms with Crippen molar-refractivity contribution < 1.29 is 13.7 Å². The van der Waals surface area contributed by atoms with Gasteiger partial charge in [-0.25, -0.2) is 9.07 Å². The lowest BCUT2D eigenvalue weighted by Gasteiger charge is -2.17. The molecule has 0 aliphatic carbocycles. The van der Waals surface area contributed by atoms with Crippen LogP contribution in [0.1, 0.15) is 31.7 Å². The molecule has 3 aromatic rings. The molecule has 2 heterocycles. The van der Waals surface area contributed by atoms with Crippen LogP contribution in [0, 0.1) is 12.7 Å². The summed E-state index contributed by atoms with van der Waals surface area (Å²) in [6.07, 6.45) is 1.33. The maximum Gasteiger partial charge on any atom is 0.233 e. The van der Waals surface area contributed by atoms with Gasteiger partial charge < -0.3 is 15.3 Å². The lowest BCUT2D eigenvalue weighted by Crippen LogP contribution is -2.32. The standard InChI is InChI=1S/C20H26FN7O2S2/c1-4-27(5-2)17(29)12-32-20-25-24-19(28(20)22)31-10-6-7-16-23-18(26-30-16)14-9-8-13(3)15(21)11-14/h8-9,11H,4-7,10,12,22H2,1-3H3. The first kappa shape index (κ1) is 24.1. The fourth-order valence-corrected chi connectivity index (χ4v) is 4.46. The van der Waals surface area contributed by atoms with Crippen LogP contribution in [-0.4, -0.2) is 60.4 Å². The highest BCUT2D eigenvalue weighted by Gasteiger charge is 2.16. The number of carbonyl (C=O) groups is 1. The Labute approximate surface area is 194 Å². The predicted octanol–water partition coefficient (Wildman–Crippen LogP) is 3.17. The number of hydrogen-bond acceptors (Lipinski definition) is 9. The van der Waals surface area contributed by atoms with Crippen molar-refractivity contribution in [2.45, 2.75) is 43.9 Å². The molecule has 3 rings (SSSR count). The molecule has 0 saturated carbocycles. The molecule has 12 heteroatoms. The fourth-order valence-electron chi connectivity index (χ4n) is 2.85. The quantitative estimate of drug-likeness (QED) is 0.251. The lowest BCUT2D eigenvalue weighted by molar-refractivity contribution is -0.127. The van der Waals surface area contributed by atoms with Crippen molar-refractivity contribution in [1.82, 2.24) is 29.9 Å². The van der Waals surface area contributed by atoms with Crippen LogP contribution in [0.4, 0.5) is 4.39 Å². The number of amides is 1. The van der Waals surface area contributed by atoms with Crippen LogP contribution in [0.15, 0.2) is 33.0 Å². The van der Waals surface area contributed by atoms with E-state index in [4.69, 9.17) is 10.4 Å². The highest BCUT2D eigenvalue weighted by molar-refractivity contribution is 8.00. The maximum atomic E-state index is 13.7. The van der Waals surface area contributed by atoms with Crippen LogP contribution in [0.5, 0.6) is 0 Å². The summed E-state index contributed by atoms with van der Waals surface area (Å²) in [5.41, 5.74) is 1.15. The first-order chi connectivity index (χ1) is 15.4. The Balaban J connectivity index is 1.46. The predicted molar refractivity (Wildman–Crippen MR) is 122 cm³/mol. The van der Waals surface area contributed by atoms with Gasteiger partial charge in [0.15, 0.2) is 0 Å². The normalized spacial score (nSPS) is 11.1. The van der Waals surface area contributed by atoms with Crippen LogP contribution in [0.3, 0.4) is 0 Å². The molecule has 2 aromatic heterocycles. The molecule has 0 radical (unpaired) electrons. The van der Waals surface area contributed by atoms with Gasteiger partial charge >= 0.3 is 0 Å². The van der Waals surface area contributed by atoms with E-state index in [1.165, 1.54) is 34.3 Å². The summed E-state index contributed by atoms with van der Waals surface area (Å²) in [5, 5.41) is 13.2.